The zero-order chi connectivity index (χ0) is 20.1. The van der Waals surface area contributed by atoms with Crippen LogP contribution in [0.4, 0.5) is 0 Å². The topological polar surface area (TPSA) is 71.5 Å². The van der Waals surface area contributed by atoms with Crippen molar-refractivity contribution in [2.24, 2.45) is 0 Å². The highest BCUT2D eigenvalue weighted by molar-refractivity contribution is 5.96. The summed E-state index contributed by atoms with van der Waals surface area (Å²) in [6, 6.07) is 5.49. The number of methoxy groups -OCH3 is 1. The number of aromatic nitrogens is 1. The predicted octanol–water partition coefficient (Wildman–Crippen LogP) is 2.71. The molecule has 0 aliphatic rings. The number of hydrogen-bond acceptors (Lipinski definition) is 4. The number of nitrogens with zero attached hydrogens (tertiary/aromatic N) is 2. The molecule has 6 heteroatoms. The van der Waals surface area contributed by atoms with Crippen molar-refractivity contribution in [2.45, 2.75) is 34.2 Å². The van der Waals surface area contributed by atoms with Gasteiger partial charge in [0.2, 0.25) is 5.91 Å². The Morgan fingerprint density at radius 3 is 2.44 bits per heavy atom. The number of nitrogens with one attached hydrogen (secondary N) is 1. The molecule has 0 atom stereocenters. The summed E-state index contributed by atoms with van der Waals surface area (Å²) in [6.45, 7) is 8.08. The molecule has 2 amide bonds. The fourth-order valence-electron chi connectivity index (χ4n) is 2.82. The molecule has 1 N–H and O–H groups in total. The first-order chi connectivity index (χ1) is 12.7. The number of carbonyl (C=O) groups excluding carboxylic acids is 2. The maximum Gasteiger partial charge on any atom is 0.251 e. The SMILES string of the molecule is COc1c(C)cnc(CN(C)C(=O)CNC(=O)c2ccc(C)c(C)c2)c1C. The third kappa shape index (κ3) is 4.84. The molecule has 2 rings (SSSR count). The first-order valence-electron chi connectivity index (χ1n) is 8.83. The van der Waals surface area contributed by atoms with Gasteiger partial charge in [0.15, 0.2) is 0 Å². The molecule has 0 spiro atoms. The molecular formula is C21H27N3O3. The number of ether oxygens (including phenoxy) is 1. The van der Waals surface area contributed by atoms with Gasteiger partial charge >= 0.3 is 0 Å². The van der Waals surface area contributed by atoms with Gasteiger partial charge in [0.25, 0.3) is 5.91 Å². The lowest BCUT2D eigenvalue weighted by Crippen LogP contribution is -2.38. The number of rotatable bonds is 6. The minimum absolute atomic E-state index is 0.0652. The van der Waals surface area contributed by atoms with Crippen molar-refractivity contribution in [3.63, 3.8) is 0 Å². The molecule has 27 heavy (non-hydrogen) atoms. The van der Waals surface area contributed by atoms with Gasteiger partial charge in [0.05, 0.1) is 25.9 Å². The molecular weight excluding hydrogens is 342 g/mol. The van der Waals surface area contributed by atoms with E-state index in [0.717, 1.165) is 33.7 Å². The molecule has 6 nitrogen and oxygen atoms in total. The predicted molar refractivity (Wildman–Crippen MR) is 105 cm³/mol. The highest BCUT2D eigenvalue weighted by Gasteiger charge is 2.16. The molecule has 1 heterocycles. The third-order valence-corrected chi connectivity index (χ3v) is 4.73. The van der Waals surface area contributed by atoms with Gasteiger partial charge in [0.1, 0.15) is 5.75 Å². The van der Waals surface area contributed by atoms with Gasteiger partial charge in [-0.05, 0) is 51.0 Å². The minimum atomic E-state index is -0.258. The number of carbonyl (C=O) groups is 2. The molecule has 0 unspecified atom stereocenters. The monoisotopic (exact) mass is 369 g/mol. The zero-order valence-electron chi connectivity index (χ0n) is 16.8. The Bertz CT molecular complexity index is 862. The summed E-state index contributed by atoms with van der Waals surface area (Å²) in [5.74, 6) is 0.336. The summed E-state index contributed by atoms with van der Waals surface area (Å²) in [5.41, 5.74) is 5.35. The summed E-state index contributed by atoms with van der Waals surface area (Å²) >= 11 is 0. The van der Waals surface area contributed by atoms with Crippen LogP contribution in [-0.4, -0.2) is 42.4 Å². The lowest BCUT2D eigenvalue weighted by Gasteiger charge is -2.19. The highest BCUT2D eigenvalue weighted by Crippen LogP contribution is 2.24. The number of amides is 2. The van der Waals surface area contributed by atoms with E-state index in [9.17, 15) is 9.59 Å². The number of likely N-dealkylation sites (N-methyl/N-ethyl adjacent to an activating group) is 1. The van der Waals surface area contributed by atoms with E-state index in [1.165, 1.54) is 0 Å². The number of hydrogen-bond donors (Lipinski definition) is 1. The van der Waals surface area contributed by atoms with Crippen molar-refractivity contribution in [3.8, 4) is 5.75 Å². The van der Waals surface area contributed by atoms with E-state index in [0.29, 0.717) is 12.1 Å². The second-order valence-electron chi connectivity index (χ2n) is 6.78. The van der Waals surface area contributed by atoms with Crippen LogP contribution in [0.25, 0.3) is 0 Å². The third-order valence-electron chi connectivity index (χ3n) is 4.73. The molecule has 144 valence electrons. The van der Waals surface area contributed by atoms with Gasteiger partial charge in [-0.25, -0.2) is 0 Å². The molecule has 0 saturated carbocycles. The average molecular weight is 369 g/mol. The van der Waals surface area contributed by atoms with Crippen molar-refractivity contribution in [3.05, 3.63) is 57.9 Å². The van der Waals surface area contributed by atoms with Crippen molar-refractivity contribution >= 4 is 11.8 Å². The second-order valence-corrected chi connectivity index (χ2v) is 6.78. The van der Waals surface area contributed by atoms with Crippen LogP contribution in [0.15, 0.2) is 24.4 Å². The molecule has 0 saturated heterocycles. The maximum atomic E-state index is 12.4. The van der Waals surface area contributed by atoms with E-state index in [1.807, 2.05) is 39.8 Å². The van der Waals surface area contributed by atoms with Gasteiger partial charge < -0.3 is 15.0 Å². The van der Waals surface area contributed by atoms with Crippen LogP contribution in [0.2, 0.25) is 0 Å². The van der Waals surface area contributed by atoms with Gasteiger partial charge in [-0.2, -0.15) is 0 Å². The lowest BCUT2D eigenvalue weighted by atomic mass is 10.1. The first-order valence-corrected chi connectivity index (χ1v) is 8.83. The van der Waals surface area contributed by atoms with Crippen LogP contribution in [0.5, 0.6) is 5.75 Å². The van der Waals surface area contributed by atoms with Gasteiger partial charge in [-0.1, -0.05) is 6.07 Å². The summed E-state index contributed by atoms with van der Waals surface area (Å²) in [5, 5.41) is 2.68. The van der Waals surface area contributed by atoms with Crippen LogP contribution in [0, 0.1) is 27.7 Å². The van der Waals surface area contributed by atoms with Crippen LogP contribution in [-0.2, 0) is 11.3 Å². The van der Waals surface area contributed by atoms with Crippen molar-refractivity contribution in [1.82, 2.24) is 15.2 Å². The Morgan fingerprint density at radius 1 is 1.11 bits per heavy atom. The summed E-state index contributed by atoms with van der Waals surface area (Å²) in [4.78, 5) is 30.6. The summed E-state index contributed by atoms with van der Waals surface area (Å²) < 4.78 is 5.40. The Morgan fingerprint density at radius 2 is 1.81 bits per heavy atom. The Balaban J connectivity index is 1.98. The number of pyridine rings is 1. The van der Waals surface area contributed by atoms with E-state index in [1.54, 1.807) is 31.3 Å². The largest absolute Gasteiger partial charge is 0.496 e. The van der Waals surface area contributed by atoms with Gasteiger partial charge in [-0.15, -0.1) is 0 Å². The Kier molecular flexibility index (Phi) is 6.55. The Hall–Kier alpha value is -2.89. The standard InChI is InChI=1S/C21H27N3O3/c1-13-7-8-17(9-14(13)2)21(26)23-11-19(25)24(5)12-18-16(4)20(27-6)15(3)10-22-18/h7-10H,11-12H2,1-6H3,(H,23,26). The smallest absolute Gasteiger partial charge is 0.251 e. The van der Waals surface area contributed by atoms with Crippen molar-refractivity contribution in [2.75, 3.05) is 20.7 Å². The Labute approximate surface area is 160 Å². The van der Waals surface area contributed by atoms with E-state index in [2.05, 4.69) is 10.3 Å². The molecule has 0 fully saturated rings. The van der Waals surface area contributed by atoms with Gasteiger partial charge in [-0.3, -0.25) is 14.6 Å². The van der Waals surface area contributed by atoms with E-state index >= 15 is 0 Å². The second kappa shape index (κ2) is 8.66. The first kappa shape index (κ1) is 20.4. The van der Waals surface area contributed by atoms with E-state index < -0.39 is 0 Å². The van der Waals surface area contributed by atoms with Crippen LogP contribution in [0.1, 0.15) is 38.3 Å². The van der Waals surface area contributed by atoms with E-state index in [-0.39, 0.29) is 18.4 Å². The maximum absolute atomic E-state index is 12.4. The lowest BCUT2D eigenvalue weighted by molar-refractivity contribution is -0.129. The molecule has 2 aromatic rings. The number of aryl methyl sites for hydroxylation is 3. The molecule has 0 radical (unpaired) electrons. The fraction of sp³-hybridized carbons (Fsp3) is 0.381. The zero-order valence-corrected chi connectivity index (χ0v) is 16.8. The van der Waals surface area contributed by atoms with E-state index in [4.69, 9.17) is 4.74 Å². The minimum Gasteiger partial charge on any atom is -0.496 e. The molecule has 1 aromatic carbocycles. The van der Waals surface area contributed by atoms with Crippen molar-refractivity contribution < 1.29 is 14.3 Å². The van der Waals surface area contributed by atoms with Crippen molar-refractivity contribution in [1.29, 1.82) is 0 Å². The molecule has 0 aliphatic carbocycles. The summed E-state index contributed by atoms with van der Waals surface area (Å²) in [7, 11) is 3.31. The van der Waals surface area contributed by atoms with Crippen LogP contribution in [0.3, 0.4) is 0 Å². The molecule has 1 aromatic heterocycles. The van der Waals surface area contributed by atoms with Gasteiger partial charge in [0, 0.05) is 29.9 Å². The summed E-state index contributed by atoms with van der Waals surface area (Å²) in [6.07, 6.45) is 1.74. The van der Waals surface area contributed by atoms with Crippen LogP contribution >= 0.6 is 0 Å². The quantitative estimate of drug-likeness (QED) is 0.850. The molecule has 0 bridgehead atoms. The average Bonchev–Trinajstić information content (AvgIpc) is 2.64. The molecule has 0 aliphatic heterocycles. The fourth-order valence-corrected chi connectivity index (χ4v) is 2.82. The van der Waals surface area contributed by atoms with Crippen LogP contribution < -0.4 is 10.1 Å². The highest BCUT2D eigenvalue weighted by atomic mass is 16.5. The number of benzene rings is 1. The normalized spacial score (nSPS) is 10.4.